The van der Waals surface area contributed by atoms with Crippen LogP contribution in [0.1, 0.15) is 73.9 Å². The van der Waals surface area contributed by atoms with Crippen molar-refractivity contribution >= 4 is 5.91 Å². The molecular formula is C27H36N4O2. The molecule has 6 nitrogen and oxygen atoms in total. The molecule has 4 heterocycles. The van der Waals surface area contributed by atoms with E-state index in [1.165, 1.54) is 12.0 Å². The lowest BCUT2D eigenvalue weighted by molar-refractivity contribution is -0.134. The van der Waals surface area contributed by atoms with Gasteiger partial charge in [-0.3, -0.25) is 19.1 Å². The Labute approximate surface area is 196 Å². The van der Waals surface area contributed by atoms with Crippen LogP contribution in [0, 0.1) is 0 Å². The van der Waals surface area contributed by atoms with E-state index >= 15 is 0 Å². The van der Waals surface area contributed by atoms with Crippen molar-refractivity contribution in [1.29, 1.82) is 0 Å². The summed E-state index contributed by atoms with van der Waals surface area (Å²) in [5, 5.41) is 0. The highest BCUT2D eigenvalue weighted by molar-refractivity contribution is 5.78. The number of amides is 1. The van der Waals surface area contributed by atoms with Gasteiger partial charge in [0.05, 0.1) is 12.2 Å². The predicted octanol–water partition coefficient (Wildman–Crippen LogP) is 3.56. The van der Waals surface area contributed by atoms with Crippen LogP contribution < -0.4 is 5.56 Å². The Morgan fingerprint density at radius 1 is 0.909 bits per heavy atom. The van der Waals surface area contributed by atoms with Crippen LogP contribution in [0.5, 0.6) is 0 Å². The van der Waals surface area contributed by atoms with Crippen LogP contribution >= 0.6 is 0 Å². The summed E-state index contributed by atoms with van der Waals surface area (Å²) in [6, 6.07) is 12.4. The Morgan fingerprint density at radius 3 is 2.61 bits per heavy atom. The number of carbonyl (C=O) groups excluding carboxylic acids is 1. The van der Waals surface area contributed by atoms with Gasteiger partial charge in [0.15, 0.2) is 0 Å². The summed E-state index contributed by atoms with van der Waals surface area (Å²) in [6.07, 6.45) is 8.51. The van der Waals surface area contributed by atoms with Crippen LogP contribution in [-0.4, -0.2) is 58.0 Å². The van der Waals surface area contributed by atoms with Gasteiger partial charge in [-0.2, -0.15) is 0 Å². The number of piperidine rings is 2. The maximum atomic E-state index is 13.2. The largest absolute Gasteiger partial charge is 0.341 e. The molecule has 0 unspecified atom stereocenters. The highest BCUT2D eigenvalue weighted by Crippen LogP contribution is 2.28. The van der Waals surface area contributed by atoms with Gasteiger partial charge in [0, 0.05) is 44.6 Å². The van der Waals surface area contributed by atoms with Crippen LogP contribution in [0.15, 0.2) is 41.2 Å². The molecule has 0 bridgehead atoms. The number of rotatable bonds is 4. The average Bonchev–Trinajstić information content (AvgIpc) is 3.11. The maximum Gasteiger partial charge on any atom is 0.253 e. The van der Waals surface area contributed by atoms with Crippen molar-refractivity contribution in [3.8, 4) is 0 Å². The van der Waals surface area contributed by atoms with Gasteiger partial charge < -0.3 is 4.90 Å². The zero-order valence-electron chi connectivity index (χ0n) is 19.6. The van der Waals surface area contributed by atoms with Gasteiger partial charge in [0.2, 0.25) is 5.91 Å². The van der Waals surface area contributed by atoms with Gasteiger partial charge in [0.1, 0.15) is 5.82 Å². The lowest BCUT2D eigenvalue weighted by atomic mass is 9.90. The second-order valence-corrected chi connectivity index (χ2v) is 10.1. The van der Waals surface area contributed by atoms with Crippen molar-refractivity contribution in [2.24, 2.45) is 0 Å². The smallest absolute Gasteiger partial charge is 0.253 e. The molecule has 33 heavy (non-hydrogen) atoms. The fraction of sp³-hybridized carbons (Fsp3) is 0.593. The fourth-order valence-corrected chi connectivity index (χ4v) is 5.88. The first-order chi connectivity index (χ1) is 16.2. The average molecular weight is 449 g/mol. The van der Waals surface area contributed by atoms with Gasteiger partial charge in [-0.05, 0) is 56.6 Å². The summed E-state index contributed by atoms with van der Waals surface area (Å²) >= 11 is 0. The summed E-state index contributed by atoms with van der Waals surface area (Å²) in [7, 11) is 0. The summed E-state index contributed by atoms with van der Waals surface area (Å²) in [4.78, 5) is 35.2. The molecule has 3 aliphatic rings. The topological polar surface area (TPSA) is 58.4 Å². The first kappa shape index (κ1) is 22.3. The van der Waals surface area contributed by atoms with Crippen LogP contribution in [0.4, 0.5) is 0 Å². The zero-order valence-corrected chi connectivity index (χ0v) is 19.6. The van der Waals surface area contributed by atoms with Crippen molar-refractivity contribution in [2.75, 3.05) is 32.7 Å². The molecule has 1 amide bonds. The quantitative estimate of drug-likeness (QED) is 0.718. The third-order valence-electron chi connectivity index (χ3n) is 7.72. The number of hydrogen-bond donors (Lipinski definition) is 0. The molecule has 1 aromatic carbocycles. The van der Waals surface area contributed by atoms with Gasteiger partial charge in [-0.1, -0.05) is 36.8 Å². The Morgan fingerprint density at radius 2 is 1.73 bits per heavy atom. The number of nitrogens with zero attached hydrogens (tertiary/aromatic N) is 4. The molecule has 1 aromatic heterocycles. The van der Waals surface area contributed by atoms with Crippen LogP contribution in [0.3, 0.4) is 0 Å². The molecule has 5 rings (SSSR count). The monoisotopic (exact) mass is 448 g/mol. The number of fused-ring (bicyclic) bond motifs is 1. The third kappa shape index (κ3) is 5.21. The molecule has 2 saturated heterocycles. The summed E-state index contributed by atoms with van der Waals surface area (Å²) < 4.78 is 1.86. The third-order valence-corrected chi connectivity index (χ3v) is 7.72. The number of aromatic nitrogens is 2. The number of benzene rings is 1. The summed E-state index contributed by atoms with van der Waals surface area (Å²) in [5.74, 6) is 1.85. The molecule has 2 atom stereocenters. The minimum atomic E-state index is 0.0839. The minimum Gasteiger partial charge on any atom is -0.341 e. The molecule has 0 spiro atoms. The van der Waals surface area contributed by atoms with Crippen LogP contribution in [-0.2, 0) is 17.8 Å². The standard InChI is InChI=1S/C27H36N4O2/c32-26-17-24(28-25-13-5-2-6-16-31(25)26)23-12-8-15-30(19-23)27(33)20-29-14-7-11-22(18-29)21-9-3-1-4-10-21/h1,3-4,9-10,17,22-23H,2,5-8,11-16,18-20H2/t22-,23-/m1/s1. The Kier molecular flexibility index (Phi) is 6.91. The molecular weight excluding hydrogens is 412 g/mol. The molecule has 2 aromatic rings. The van der Waals surface area contributed by atoms with E-state index in [1.807, 2.05) is 9.47 Å². The number of hydrogen-bond acceptors (Lipinski definition) is 4. The Bertz CT molecular complexity index is 1020. The van der Waals surface area contributed by atoms with Crippen molar-refractivity contribution in [2.45, 2.75) is 69.7 Å². The van der Waals surface area contributed by atoms with E-state index in [2.05, 4.69) is 35.2 Å². The fourth-order valence-electron chi connectivity index (χ4n) is 5.88. The van der Waals surface area contributed by atoms with Crippen molar-refractivity contribution < 1.29 is 4.79 Å². The van der Waals surface area contributed by atoms with Crippen molar-refractivity contribution in [1.82, 2.24) is 19.4 Å². The second-order valence-electron chi connectivity index (χ2n) is 10.1. The molecule has 6 heteroatoms. The normalized spacial score (nSPS) is 24.2. The van der Waals surface area contributed by atoms with Gasteiger partial charge in [0.25, 0.3) is 5.56 Å². The predicted molar refractivity (Wildman–Crippen MR) is 129 cm³/mol. The number of aryl methyl sites for hydroxylation is 1. The van der Waals surface area contributed by atoms with Gasteiger partial charge >= 0.3 is 0 Å². The Balaban J connectivity index is 1.23. The summed E-state index contributed by atoms with van der Waals surface area (Å²) in [6.45, 7) is 4.73. The molecule has 2 fully saturated rings. The van der Waals surface area contributed by atoms with E-state index in [9.17, 15) is 9.59 Å². The van der Waals surface area contributed by atoms with Gasteiger partial charge in [-0.15, -0.1) is 0 Å². The minimum absolute atomic E-state index is 0.0839. The number of likely N-dealkylation sites (tertiary alicyclic amines) is 2. The first-order valence-corrected chi connectivity index (χ1v) is 12.8. The highest BCUT2D eigenvalue weighted by atomic mass is 16.2. The molecule has 0 radical (unpaired) electrons. The van der Waals surface area contributed by atoms with Crippen LogP contribution in [0.25, 0.3) is 0 Å². The zero-order chi connectivity index (χ0) is 22.6. The van der Waals surface area contributed by atoms with E-state index in [1.54, 1.807) is 6.07 Å². The van der Waals surface area contributed by atoms with E-state index < -0.39 is 0 Å². The van der Waals surface area contributed by atoms with Gasteiger partial charge in [-0.25, -0.2) is 4.98 Å². The SMILES string of the molecule is O=C(CN1CCC[C@@H](c2ccccc2)C1)N1CCC[C@@H](c2cc(=O)n3c(n2)CCCCC3)C1. The van der Waals surface area contributed by atoms with E-state index in [0.717, 1.165) is 82.6 Å². The highest BCUT2D eigenvalue weighted by Gasteiger charge is 2.29. The van der Waals surface area contributed by atoms with E-state index in [0.29, 0.717) is 19.0 Å². The number of carbonyl (C=O) groups is 1. The van der Waals surface area contributed by atoms with Crippen molar-refractivity contribution in [3.05, 3.63) is 63.8 Å². The van der Waals surface area contributed by atoms with Crippen molar-refractivity contribution in [3.63, 3.8) is 0 Å². The first-order valence-electron chi connectivity index (χ1n) is 12.8. The second kappa shape index (κ2) is 10.2. The maximum absolute atomic E-state index is 13.2. The Hall–Kier alpha value is -2.47. The molecule has 0 N–H and O–H groups in total. The lowest BCUT2D eigenvalue weighted by Crippen LogP contribution is -2.47. The summed E-state index contributed by atoms with van der Waals surface area (Å²) in [5.41, 5.74) is 2.36. The van der Waals surface area contributed by atoms with E-state index in [-0.39, 0.29) is 17.4 Å². The molecule has 0 saturated carbocycles. The molecule has 3 aliphatic heterocycles. The lowest BCUT2D eigenvalue weighted by Gasteiger charge is -2.36. The molecule has 176 valence electrons. The molecule has 0 aliphatic carbocycles. The van der Waals surface area contributed by atoms with E-state index in [4.69, 9.17) is 4.98 Å². The van der Waals surface area contributed by atoms with Crippen LogP contribution in [0.2, 0.25) is 0 Å².